The van der Waals surface area contributed by atoms with Crippen molar-refractivity contribution in [1.82, 2.24) is 10.3 Å². The highest BCUT2D eigenvalue weighted by Crippen LogP contribution is 2.37. The van der Waals surface area contributed by atoms with Crippen molar-refractivity contribution in [3.63, 3.8) is 0 Å². The summed E-state index contributed by atoms with van der Waals surface area (Å²) in [5.41, 5.74) is 1.01. The van der Waals surface area contributed by atoms with Gasteiger partial charge in [0.15, 0.2) is 0 Å². The topological polar surface area (TPSA) is 28.2 Å². The van der Waals surface area contributed by atoms with E-state index in [2.05, 4.69) is 15.2 Å². The maximum absolute atomic E-state index is 13.3. The molecule has 0 bridgehead atoms. The molecule has 1 aromatic heterocycles. The number of aryl methyl sites for hydroxylation is 1. The van der Waals surface area contributed by atoms with E-state index in [0.29, 0.717) is 11.8 Å². The van der Waals surface area contributed by atoms with Gasteiger partial charge < -0.3 is 10.2 Å². The zero-order valence-corrected chi connectivity index (χ0v) is 13.1. The summed E-state index contributed by atoms with van der Waals surface area (Å²) in [6.07, 6.45) is -2.85. The van der Waals surface area contributed by atoms with Crippen molar-refractivity contribution in [2.75, 3.05) is 31.1 Å². The molecule has 3 nitrogen and oxygen atoms in total. The van der Waals surface area contributed by atoms with Crippen molar-refractivity contribution in [3.8, 4) is 0 Å². The van der Waals surface area contributed by atoms with Crippen LogP contribution in [0.5, 0.6) is 0 Å². The number of alkyl halides is 3. The predicted octanol–water partition coefficient (Wildman–Crippen LogP) is 3.62. The minimum atomic E-state index is -4.39. The van der Waals surface area contributed by atoms with Gasteiger partial charge in [-0.15, -0.1) is 0 Å². The molecule has 1 saturated heterocycles. The molecule has 2 heterocycles. The fraction of sp³-hybridized carbons (Fsp3) is 0.471. The third-order valence-electron chi connectivity index (χ3n) is 4.14. The largest absolute Gasteiger partial charge is 0.418 e. The standard InChI is InChI=1S/C17H20F3N3/c1-2-4-12-11-15(23-9-7-21-8-10-23)13-5-3-6-14(16(13)22-12)17(18,19)20/h3,5-6,11,21H,2,4,7-10H2,1H3. The number of piperazine rings is 1. The van der Waals surface area contributed by atoms with Crippen LogP contribution in [0.1, 0.15) is 24.6 Å². The van der Waals surface area contributed by atoms with Crippen LogP contribution in [0.4, 0.5) is 18.9 Å². The highest BCUT2D eigenvalue weighted by molar-refractivity contribution is 5.94. The molecule has 1 aliphatic rings. The van der Waals surface area contributed by atoms with Gasteiger partial charge in [-0.1, -0.05) is 25.5 Å². The Morgan fingerprint density at radius 3 is 2.61 bits per heavy atom. The molecule has 3 rings (SSSR count). The zero-order chi connectivity index (χ0) is 16.4. The Kier molecular flexibility index (Phi) is 4.43. The van der Waals surface area contributed by atoms with E-state index in [1.807, 2.05) is 13.0 Å². The summed E-state index contributed by atoms with van der Waals surface area (Å²) in [6, 6.07) is 6.28. The van der Waals surface area contributed by atoms with Crippen molar-refractivity contribution in [3.05, 3.63) is 35.5 Å². The average molecular weight is 323 g/mol. The normalized spacial score (nSPS) is 16.1. The van der Waals surface area contributed by atoms with E-state index >= 15 is 0 Å². The van der Waals surface area contributed by atoms with Gasteiger partial charge in [0, 0.05) is 42.9 Å². The fourth-order valence-corrected chi connectivity index (χ4v) is 3.06. The number of aromatic nitrogens is 1. The maximum atomic E-state index is 13.3. The fourth-order valence-electron chi connectivity index (χ4n) is 3.06. The summed E-state index contributed by atoms with van der Waals surface area (Å²) in [5, 5.41) is 3.86. The van der Waals surface area contributed by atoms with E-state index in [0.717, 1.165) is 50.0 Å². The van der Waals surface area contributed by atoms with Crippen LogP contribution in [0.25, 0.3) is 10.9 Å². The number of hydrogen-bond donors (Lipinski definition) is 1. The second kappa shape index (κ2) is 6.35. The number of anilines is 1. The molecular formula is C17H20F3N3. The molecule has 0 amide bonds. The first-order valence-electron chi connectivity index (χ1n) is 7.96. The van der Waals surface area contributed by atoms with E-state index in [-0.39, 0.29) is 5.52 Å². The van der Waals surface area contributed by atoms with Crippen molar-refractivity contribution >= 4 is 16.6 Å². The van der Waals surface area contributed by atoms with Crippen LogP contribution in [0, 0.1) is 0 Å². The van der Waals surface area contributed by atoms with E-state index in [4.69, 9.17) is 0 Å². The molecule has 0 spiro atoms. The highest BCUT2D eigenvalue weighted by Gasteiger charge is 2.34. The van der Waals surface area contributed by atoms with Crippen molar-refractivity contribution in [2.24, 2.45) is 0 Å². The van der Waals surface area contributed by atoms with Crippen LogP contribution in [0.3, 0.4) is 0 Å². The molecule has 1 aliphatic heterocycles. The molecule has 0 radical (unpaired) electrons. The first-order chi connectivity index (χ1) is 11.0. The molecule has 0 aliphatic carbocycles. The molecule has 0 unspecified atom stereocenters. The van der Waals surface area contributed by atoms with Gasteiger partial charge in [0.1, 0.15) is 0 Å². The Bertz CT molecular complexity index is 691. The van der Waals surface area contributed by atoms with E-state index < -0.39 is 11.7 Å². The molecule has 124 valence electrons. The van der Waals surface area contributed by atoms with Crippen LogP contribution >= 0.6 is 0 Å². The Hall–Kier alpha value is -1.82. The van der Waals surface area contributed by atoms with E-state index in [1.165, 1.54) is 6.07 Å². The number of nitrogens with zero attached hydrogens (tertiary/aromatic N) is 2. The number of halogens is 3. The molecule has 2 aromatic rings. The maximum Gasteiger partial charge on any atom is 0.418 e. The van der Waals surface area contributed by atoms with Gasteiger partial charge >= 0.3 is 6.18 Å². The molecule has 6 heteroatoms. The van der Waals surface area contributed by atoms with Gasteiger partial charge in [0.2, 0.25) is 0 Å². The number of nitrogens with one attached hydrogen (secondary N) is 1. The van der Waals surface area contributed by atoms with Gasteiger partial charge in [-0.05, 0) is 18.6 Å². The number of benzene rings is 1. The number of rotatable bonds is 3. The lowest BCUT2D eigenvalue weighted by Crippen LogP contribution is -2.43. The van der Waals surface area contributed by atoms with Gasteiger partial charge in [0.25, 0.3) is 0 Å². The molecule has 0 saturated carbocycles. The Morgan fingerprint density at radius 1 is 1.22 bits per heavy atom. The first-order valence-corrected chi connectivity index (χ1v) is 7.96. The molecule has 1 N–H and O–H groups in total. The first kappa shape index (κ1) is 16.1. The zero-order valence-electron chi connectivity index (χ0n) is 13.1. The van der Waals surface area contributed by atoms with Crippen molar-refractivity contribution < 1.29 is 13.2 Å². The minimum absolute atomic E-state index is 0.0690. The van der Waals surface area contributed by atoms with Gasteiger partial charge in [0.05, 0.1) is 11.1 Å². The molecule has 23 heavy (non-hydrogen) atoms. The van der Waals surface area contributed by atoms with Gasteiger partial charge in [-0.2, -0.15) is 13.2 Å². The average Bonchev–Trinajstić information content (AvgIpc) is 2.54. The molecule has 0 atom stereocenters. The Balaban J connectivity index is 2.21. The summed E-state index contributed by atoms with van der Waals surface area (Å²) in [6.45, 7) is 5.27. The third-order valence-corrected chi connectivity index (χ3v) is 4.14. The van der Waals surface area contributed by atoms with Gasteiger partial charge in [-0.3, -0.25) is 4.98 Å². The summed E-state index contributed by atoms with van der Waals surface area (Å²) in [7, 11) is 0. The SMILES string of the molecule is CCCc1cc(N2CCNCC2)c2cccc(C(F)(F)F)c2n1. The smallest absolute Gasteiger partial charge is 0.368 e. The van der Waals surface area contributed by atoms with Crippen molar-refractivity contribution in [1.29, 1.82) is 0 Å². The third kappa shape index (κ3) is 3.27. The highest BCUT2D eigenvalue weighted by atomic mass is 19.4. The lowest BCUT2D eigenvalue weighted by molar-refractivity contribution is -0.136. The summed E-state index contributed by atoms with van der Waals surface area (Å²) >= 11 is 0. The summed E-state index contributed by atoms with van der Waals surface area (Å²) in [4.78, 5) is 6.48. The number of pyridine rings is 1. The quantitative estimate of drug-likeness (QED) is 0.935. The second-order valence-electron chi connectivity index (χ2n) is 5.82. The Morgan fingerprint density at radius 2 is 1.96 bits per heavy atom. The van der Waals surface area contributed by atoms with Crippen molar-refractivity contribution in [2.45, 2.75) is 25.9 Å². The predicted molar refractivity (Wildman–Crippen MR) is 85.8 cm³/mol. The minimum Gasteiger partial charge on any atom is -0.368 e. The van der Waals surface area contributed by atoms with Crippen LogP contribution in [0.2, 0.25) is 0 Å². The molecule has 1 fully saturated rings. The van der Waals surface area contributed by atoms with Crippen LogP contribution in [0.15, 0.2) is 24.3 Å². The van der Waals surface area contributed by atoms with Crippen LogP contribution in [-0.2, 0) is 12.6 Å². The second-order valence-corrected chi connectivity index (χ2v) is 5.82. The Labute approximate surface area is 133 Å². The summed E-state index contributed by atoms with van der Waals surface area (Å²) < 4.78 is 40.0. The van der Waals surface area contributed by atoms with Crippen LogP contribution in [-0.4, -0.2) is 31.2 Å². The monoisotopic (exact) mass is 323 g/mol. The van der Waals surface area contributed by atoms with E-state index in [9.17, 15) is 13.2 Å². The van der Waals surface area contributed by atoms with Gasteiger partial charge in [-0.25, -0.2) is 0 Å². The van der Waals surface area contributed by atoms with Crippen LogP contribution < -0.4 is 10.2 Å². The lowest BCUT2D eigenvalue weighted by Gasteiger charge is -2.31. The summed E-state index contributed by atoms with van der Waals surface area (Å²) in [5.74, 6) is 0. The number of fused-ring (bicyclic) bond motifs is 1. The van der Waals surface area contributed by atoms with E-state index in [1.54, 1.807) is 6.07 Å². The molecule has 1 aromatic carbocycles. The number of para-hydroxylation sites is 1. The number of hydrogen-bond acceptors (Lipinski definition) is 3. The molecular weight excluding hydrogens is 303 g/mol. The lowest BCUT2D eigenvalue weighted by atomic mass is 10.0.